The molecular weight excluding hydrogens is 524 g/mol. The van der Waals surface area contributed by atoms with E-state index in [0.29, 0.717) is 10.9 Å². The van der Waals surface area contributed by atoms with Gasteiger partial charge >= 0.3 is 5.63 Å². The second-order valence-corrected chi connectivity index (χ2v) is 10.5. The number of ether oxygens (including phenoxy) is 4. The molecule has 14 heteroatoms. The molecule has 1 aromatic heterocycles. The van der Waals surface area contributed by atoms with Crippen LogP contribution in [0.5, 0.6) is 5.75 Å². The summed E-state index contributed by atoms with van der Waals surface area (Å²) in [5, 5.41) is 82.2. The third-order valence-electron chi connectivity index (χ3n) is 6.95. The second kappa shape index (κ2) is 11.3. The van der Waals surface area contributed by atoms with Crippen LogP contribution in [0, 0.1) is 0 Å². The van der Waals surface area contributed by atoms with Gasteiger partial charge in [0.25, 0.3) is 0 Å². The summed E-state index contributed by atoms with van der Waals surface area (Å²) in [6, 6.07) is 5.61. The van der Waals surface area contributed by atoms with E-state index >= 15 is 0 Å². The average molecular weight is 559 g/mol. The molecule has 0 saturated carbocycles. The highest BCUT2D eigenvalue weighted by Crippen LogP contribution is 2.32. The number of rotatable bonds is 9. The van der Waals surface area contributed by atoms with Crippen LogP contribution in [0.25, 0.3) is 11.0 Å². The Morgan fingerprint density at radius 3 is 2.46 bits per heavy atom. The Morgan fingerprint density at radius 1 is 1.10 bits per heavy atom. The first-order valence-corrected chi connectivity index (χ1v) is 12.3. The molecule has 0 amide bonds. The number of aliphatic hydroxyl groups is 8. The van der Waals surface area contributed by atoms with Crippen molar-refractivity contribution in [3.05, 3.63) is 40.2 Å². The summed E-state index contributed by atoms with van der Waals surface area (Å²) in [6.45, 7) is 1.16. The molecule has 14 nitrogen and oxygen atoms in total. The Kier molecular flexibility index (Phi) is 8.66. The topological polar surface area (TPSA) is 229 Å². The zero-order valence-corrected chi connectivity index (χ0v) is 21.3. The lowest BCUT2D eigenvalue weighted by atomic mass is 9.94. The number of benzene rings is 1. The van der Waals surface area contributed by atoms with Crippen LogP contribution in [-0.2, 0) is 20.6 Å². The highest BCUT2D eigenvalue weighted by molar-refractivity contribution is 5.79. The minimum atomic E-state index is -1.94. The summed E-state index contributed by atoms with van der Waals surface area (Å²) in [5.74, 6) is -0.00461. The Balaban J connectivity index is 1.56. The van der Waals surface area contributed by atoms with Crippen molar-refractivity contribution in [2.75, 3.05) is 19.8 Å². The van der Waals surface area contributed by atoms with Crippen molar-refractivity contribution >= 4 is 11.0 Å². The molecule has 218 valence electrons. The van der Waals surface area contributed by atoms with Gasteiger partial charge in [-0.25, -0.2) is 4.79 Å². The van der Waals surface area contributed by atoms with Crippen LogP contribution in [0.15, 0.2) is 33.5 Å². The molecule has 8 N–H and O–H groups in total. The quantitative estimate of drug-likeness (QED) is 0.145. The Hall–Kier alpha value is -2.21. The molecule has 0 spiro atoms. The maximum Gasteiger partial charge on any atom is 0.336 e. The Labute approximate surface area is 222 Å². The molecule has 2 saturated heterocycles. The van der Waals surface area contributed by atoms with Crippen molar-refractivity contribution in [1.29, 1.82) is 0 Å². The third-order valence-corrected chi connectivity index (χ3v) is 6.95. The highest BCUT2D eigenvalue weighted by Gasteiger charge is 2.50. The lowest BCUT2D eigenvalue weighted by Crippen LogP contribution is -2.60. The predicted octanol–water partition coefficient (Wildman–Crippen LogP) is -2.89. The van der Waals surface area contributed by atoms with Crippen molar-refractivity contribution in [2.24, 2.45) is 0 Å². The Morgan fingerprint density at radius 2 is 1.82 bits per heavy atom. The van der Waals surface area contributed by atoms with Crippen LogP contribution in [0.2, 0.25) is 0 Å². The van der Waals surface area contributed by atoms with Crippen molar-refractivity contribution in [1.82, 2.24) is 0 Å². The fraction of sp³-hybridized carbons (Fsp3) is 0.640. The monoisotopic (exact) mass is 558 g/mol. The maximum atomic E-state index is 11.7. The van der Waals surface area contributed by atoms with Crippen molar-refractivity contribution in [3.63, 3.8) is 0 Å². The van der Waals surface area contributed by atoms with Crippen LogP contribution < -0.4 is 10.4 Å². The fourth-order valence-electron chi connectivity index (χ4n) is 4.27. The van der Waals surface area contributed by atoms with Crippen molar-refractivity contribution in [3.8, 4) is 5.75 Å². The van der Waals surface area contributed by atoms with Gasteiger partial charge in [0.05, 0.1) is 31.5 Å². The largest absolute Gasteiger partial charge is 0.462 e. The van der Waals surface area contributed by atoms with E-state index in [4.69, 9.17) is 23.4 Å². The molecule has 2 fully saturated rings. The minimum absolute atomic E-state index is 0.00461. The molecule has 0 bridgehead atoms. The molecule has 9 atom stereocenters. The van der Waals surface area contributed by atoms with E-state index in [1.807, 2.05) is 0 Å². The van der Waals surface area contributed by atoms with Crippen molar-refractivity contribution in [2.45, 2.75) is 80.7 Å². The van der Waals surface area contributed by atoms with Gasteiger partial charge in [0, 0.05) is 23.9 Å². The van der Waals surface area contributed by atoms with Gasteiger partial charge in [-0.1, -0.05) is 0 Å². The summed E-state index contributed by atoms with van der Waals surface area (Å²) in [4.78, 5) is 11.7. The zero-order chi connectivity index (χ0) is 28.7. The second-order valence-electron chi connectivity index (χ2n) is 10.5. The molecule has 2 aromatic rings. The summed E-state index contributed by atoms with van der Waals surface area (Å²) in [6.07, 6.45) is -12.4. The summed E-state index contributed by atoms with van der Waals surface area (Å²) in [7, 11) is 0. The van der Waals surface area contributed by atoms with Crippen LogP contribution in [0.1, 0.15) is 19.4 Å². The van der Waals surface area contributed by atoms with Crippen LogP contribution in [-0.4, -0.2) is 121 Å². The summed E-state index contributed by atoms with van der Waals surface area (Å²) >= 11 is 0. The zero-order valence-electron chi connectivity index (χ0n) is 21.3. The van der Waals surface area contributed by atoms with E-state index in [9.17, 15) is 45.6 Å². The van der Waals surface area contributed by atoms with Crippen LogP contribution in [0.3, 0.4) is 0 Å². The molecule has 2 aliphatic rings. The van der Waals surface area contributed by atoms with Gasteiger partial charge in [0.15, 0.2) is 6.29 Å². The SMILES string of the molecule is CC(C)(O)[C@H](O)Cc1cc2ccc(=O)oc2cc1O[C@@H]1O[C@H](CO[C@@H]2OC[C@](O)(CO)[C@H]2O)[C@@H](O)[C@H](O)[C@H]1O. The third kappa shape index (κ3) is 6.26. The summed E-state index contributed by atoms with van der Waals surface area (Å²) < 4.78 is 27.3. The molecule has 0 unspecified atom stereocenters. The van der Waals surface area contributed by atoms with Gasteiger partial charge in [-0.2, -0.15) is 0 Å². The lowest BCUT2D eigenvalue weighted by molar-refractivity contribution is -0.289. The molecule has 4 rings (SSSR count). The van der Waals surface area contributed by atoms with Gasteiger partial charge in [0.2, 0.25) is 6.29 Å². The smallest absolute Gasteiger partial charge is 0.336 e. The minimum Gasteiger partial charge on any atom is -0.462 e. The van der Waals surface area contributed by atoms with Crippen molar-refractivity contribution < 1.29 is 64.2 Å². The number of hydrogen-bond donors (Lipinski definition) is 8. The lowest BCUT2D eigenvalue weighted by Gasteiger charge is -2.40. The number of aliphatic hydroxyl groups excluding tert-OH is 6. The van der Waals surface area contributed by atoms with Gasteiger partial charge < -0.3 is 64.2 Å². The van der Waals surface area contributed by atoms with Gasteiger partial charge in [-0.3, -0.25) is 0 Å². The maximum absolute atomic E-state index is 11.7. The predicted molar refractivity (Wildman–Crippen MR) is 130 cm³/mol. The van der Waals surface area contributed by atoms with Gasteiger partial charge in [0.1, 0.15) is 47.5 Å². The molecule has 2 aliphatic heterocycles. The van der Waals surface area contributed by atoms with Crippen LogP contribution in [0.4, 0.5) is 0 Å². The highest BCUT2D eigenvalue weighted by atomic mass is 16.7. The van der Waals surface area contributed by atoms with E-state index < -0.39 is 85.9 Å². The molecular formula is C25H34O14. The first-order chi connectivity index (χ1) is 18.2. The molecule has 39 heavy (non-hydrogen) atoms. The number of fused-ring (bicyclic) bond motifs is 1. The van der Waals surface area contributed by atoms with Crippen LogP contribution >= 0.6 is 0 Å². The normalized spacial score (nSPS) is 34.4. The van der Waals surface area contributed by atoms with E-state index in [0.717, 1.165) is 0 Å². The first-order valence-electron chi connectivity index (χ1n) is 12.3. The number of hydrogen-bond acceptors (Lipinski definition) is 14. The molecule has 1 aromatic carbocycles. The summed E-state index contributed by atoms with van der Waals surface area (Å²) in [5.41, 5.74) is -3.58. The molecule has 0 radical (unpaired) electrons. The molecule has 0 aliphatic carbocycles. The van der Waals surface area contributed by atoms with E-state index in [-0.39, 0.29) is 17.8 Å². The van der Waals surface area contributed by atoms with E-state index in [2.05, 4.69) is 0 Å². The standard InChI is InChI=1S/C25H34O14/c1-24(2,33)16(27)6-12-5-11-3-4-17(28)37-13(11)7-14(12)38-22-20(31)19(30)18(29)15(39-22)8-35-23-21(32)25(34,9-26)10-36-23/h3-5,7,15-16,18-23,26-27,29-34H,6,8-10H2,1-2H3/t15-,16-,18-,19+,20-,21+,22-,23-,25-/m1/s1. The van der Waals surface area contributed by atoms with Gasteiger partial charge in [-0.05, 0) is 31.5 Å². The Bertz CT molecular complexity index is 1190. The van der Waals surface area contributed by atoms with Gasteiger partial charge in [-0.15, -0.1) is 0 Å². The van der Waals surface area contributed by atoms with E-state index in [1.165, 1.54) is 32.0 Å². The fourth-order valence-corrected chi connectivity index (χ4v) is 4.27. The average Bonchev–Trinajstić information content (AvgIpc) is 3.17. The van der Waals surface area contributed by atoms with E-state index in [1.54, 1.807) is 6.07 Å². The molecule has 3 heterocycles. The first kappa shape index (κ1) is 29.8.